The zero-order valence-electron chi connectivity index (χ0n) is 9.76. The summed E-state index contributed by atoms with van der Waals surface area (Å²) in [7, 11) is 0. The Balaban J connectivity index is 2.18. The minimum atomic E-state index is -0.654. The van der Waals surface area contributed by atoms with Crippen LogP contribution in [0.5, 0.6) is 0 Å². The summed E-state index contributed by atoms with van der Waals surface area (Å²) in [5, 5.41) is 21.0. The minimum absolute atomic E-state index is 0.182. The van der Waals surface area contributed by atoms with E-state index in [0.717, 1.165) is 12.8 Å². The molecule has 2 atom stereocenters. The molecule has 0 aliphatic carbocycles. The average molecular weight is 223 g/mol. The molecule has 0 saturated heterocycles. The Morgan fingerprint density at radius 1 is 1.25 bits per heavy atom. The van der Waals surface area contributed by atoms with Gasteiger partial charge in [0.2, 0.25) is 0 Å². The topological polar surface area (TPSA) is 52.5 Å². The largest absolute Gasteiger partial charge is 0.394 e. The standard InChI is InChI=1S/C13H21NO2/c1-11(14-9-13(16)10-15)7-8-12-5-3-2-4-6-12/h2-6,11,13-16H,7-10H2,1H3. The summed E-state index contributed by atoms with van der Waals surface area (Å²) in [6.45, 7) is 2.36. The van der Waals surface area contributed by atoms with Gasteiger partial charge in [0.1, 0.15) is 0 Å². The van der Waals surface area contributed by atoms with E-state index in [4.69, 9.17) is 5.11 Å². The molecular formula is C13H21NO2. The van der Waals surface area contributed by atoms with Crippen molar-refractivity contribution in [1.82, 2.24) is 5.32 Å². The van der Waals surface area contributed by atoms with Crippen molar-refractivity contribution in [1.29, 1.82) is 0 Å². The Morgan fingerprint density at radius 3 is 2.56 bits per heavy atom. The number of hydrogen-bond acceptors (Lipinski definition) is 3. The van der Waals surface area contributed by atoms with Gasteiger partial charge in [0.05, 0.1) is 12.7 Å². The first-order chi connectivity index (χ1) is 7.72. The molecule has 3 nitrogen and oxygen atoms in total. The fraction of sp³-hybridized carbons (Fsp3) is 0.538. The molecule has 0 aliphatic heterocycles. The first kappa shape index (κ1) is 13.2. The van der Waals surface area contributed by atoms with Crippen molar-refractivity contribution in [2.24, 2.45) is 0 Å². The van der Waals surface area contributed by atoms with Crippen LogP contribution in [0.4, 0.5) is 0 Å². The van der Waals surface area contributed by atoms with E-state index in [9.17, 15) is 5.11 Å². The average Bonchev–Trinajstić information content (AvgIpc) is 2.34. The molecule has 0 aliphatic rings. The Morgan fingerprint density at radius 2 is 1.94 bits per heavy atom. The predicted molar refractivity (Wildman–Crippen MR) is 65.3 cm³/mol. The lowest BCUT2D eigenvalue weighted by Gasteiger charge is -2.15. The molecule has 0 fully saturated rings. The van der Waals surface area contributed by atoms with Gasteiger partial charge in [-0.2, -0.15) is 0 Å². The van der Waals surface area contributed by atoms with Crippen molar-refractivity contribution < 1.29 is 10.2 Å². The second-order valence-electron chi connectivity index (χ2n) is 4.17. The van der Waals surface area contributed by atoms with E-state index in [1.807, 2.05) is 18.2 Å². The highest BCUT2D eigenvalue weighted by Gasteiger charge is 2.05. The summed E-state index contributed by atoms with van der Waals surface area (Å²) in [5.74, 6) is 0. The first-order valence-corrected chi connectivity index (χ1v) is 5.78. The number of aliphatic hydroxyl groups excluding tert-OH is 2. The molecule has 0 heterocycles. The van der Waals surface area contributed by atoms with E-state index in [2.05, 4.69) is 24.4 Å². The highest BCUT2D eigenvalue weighted by atomic mass is 16.3. The number of aryl methyl sites for hydroxylation is 1. The van der Waals surface area contributed by atoms with E-state index in [1.165, 1.54) is 5.56 Å². The molecule has 90 valence electrons. The molecule has 0 radical (unpaired) electrons. The van der Waals surface area contributed by atoms with Crippen LogP contribution in [0.1, 0.15) is 18.9 Å². The molecule has 0 amide bonds. The molecular weight excluding hydrogens is 202 g/mol. The summed E-state index contributed by atoms with van der Waals surface area (Å²) in [6.07, 6.45) is 1.41. The molecule has 1 rings (SSSR count). The van der Waals surface area contributed by atoms with Crippen LogP contribution in [-0.4, -0.2) is 35.5 Å². The lowest BCUT2D eigenvalue weighted by molar-refractivity contribution is 0.0921. The number of nitrogens with one attached hydrogen (secondary N) is 1. The van der Waals surface area contributed by atoms with Crippen molar-refractivity contribution >= 4 is 0 Å². The van der Waals surface area contributed by atoms with Crippen LogP contribution in [0, 0.1) is 0 Å². The number of aliphatic hydroxyl groups is 2. The maximum absolute atomic E-state index is 9.18. The third-order valence-corrected chi connectivity index (χ3v) is 2.62. The summed E-state index contributed by atoms with van der Waals surface area (Å²) in [6, 6.07) is 10.7. The van der Waals surface area contributed by atoms with Gasteiger partial charge in [0, 0.05) is 12.6 Å². The highest BCUT2D eigenvalue weighted by Crippen LogP contribution is 2.04. The summed E-state index contributed by atoms with van der Waals surface area (Å²) in [4.78, 5) is 0. The summed E-state index contributed by atoms with van der Waals surface area (Å²) >= 11 is 0. The van der Waals surface area contributed by atoms with E-state index >= 15 is 0 Å². The Labute approximate surface area is 97.1 Å². The van der Waals surface area contributed by atoms with E-state index in [0.29, 0.717) is 12.6 Å². The number of hydrogen-bond donors (Lipinski definition) is 3. The van der Waals surface area contributed by atoms with Gasteiger partial charge in [0.25, 0.3) is 0 Å². The van der Waals surface area contributed by atoms with Crippen LogP contribution in [0.3, 0.4) is 0 Å². The Hall–Kier alpha value is -0.900. The molecule has 3 N–H and O–H groups in total. The highest BCUT2D eigenvalue weighted by molar-refractivity contribution is 5.14. The van der Waals surface area contributed by atoms with Gasteiger partial charge in [-0.15, -0.1) is 0 Å². The molecule has 1 aromatic carbocycles. The lowest BCUT2D eigenvalue weighted by atomic mass is 10.1. The van der Waals surface area contributed by atoms with Gasteiger partial charge in [-0.25, -0.2) is 0 Å². The second kappa shape index (κ2) is 7.39. The van der Waals surface area contributed by atoms with Gasteiger partial charge >= 0.3 is 0 Å². The van der Waals surface area contributed by atoms with Crippen LogP contribution in [0.15, 0.2) is 30.3 Å². The van der Waals surface area contributed by atoms with Crippen LogP contribution in [0.2, 0.25) is 0 Å². The van der Waals surface area contributed by atoms with Gasteiger partial charge in [0.15, 0.2) is 0 Å². The smallest absolute Gasteiger partial charge is 0.0895 e. The van der Waals surface area contributed by atoms with Gasteiger partial charge in [-0.05, 0) is 25.3 Å². The van der Waals surface area contributed by atoms with Crippen LogP contribution in [-0.2, 0) is 6.42 Å². The van der Waals surface area contributed by atoms with Crippen molar-refractivity contribution in [2.45, 2.75) is 31.9 Å². The van der Waals surface area contributed by atoms with Gasteiger partial charge in [-0.1, -0.05) is 30.3 Å². The maximum Gasteiger partial charge on any atom is 0.0895 e. The van der Waals surface area contributed by atoms with E-state index < -0.39 is 6.10 Å². The summed E-state index contributed by atoms with van der Waals surface area (Å²) in [5.41, 5.74) is 1.33. The molecule has 16 heavy (non-hydrogen) atoms. The first-order valence-electron chi connectivity index (χ1n) is 5.78. The lowest BCUT2D eigenvalue weighted by Crippen LogP contribution is -2.35. The SMILES string of the molecule is CC(CCc1ccccc1)NCC(O)CO. The monoisotopic (exact) mass is 223 g/mol. The Bertz CT molecular complexity index is 277. The number of rotatable bonds is 7. The normalized spacial score (nSPS) is 14.7. The quantitative estimate of drug-likeness (QED) is 0.645. The predicted octanol–water partition coefficient (Wildman–Crippen LogP) is 0.950. The fourth-order valence-corrected chi connectivity index (χ4v) is 1.53. The van der Waals surface area contributed by atoms with Crippen LogP contribution in [0.25, 0.3) is 0 Å². The van der Waals surface area contributed by atoms with E-state index in [1.54, 1.807) is 0 Å². The molecule has 0 bridgehead atoms. The molecule has 3 heteroatoms. The van der Waals surface area contributed by atoms with Crippen LogP contribution >= 0.6 is 0 Å². The molecule has 0 saturated carbocycles. The zero-order valence-corrected chi connectivity index (χ0v) is 9.76. The third kappa shape index (κ3) is 5.26. The minimum Gasteiger partial charge on any atom is -0.394 e. The van der Waals surface area contributed by atoms with Crippen molar-refractivity contribution in [3.8, 4) is 0 Å². The number of benzene rings is 1. The Kier molecular flexibility index (Phi) is 6.08. The third-order valence-electron chi connectivity index (χ3n) is 2.62. The fourth-order valence-electron chi connectivity index (χ4n) is 1.53. The molecule has 2 unspecified atom stereocenters. The summed E-state index contributed by atoms with van der Waals surface area (Å²) < 4.78 is 0. The van der Waals surface area contributed by atoms with Crippen molar-refractivity contribution in [3.63, 3.8) is 0 Å². The van der Waals surface area contributed by atoms with Crippen molar-refractivity contribution in [2.75, 3.05) is 13.2 Å². The molecule has 1 aromatic rings. The second-order valence-corrected chi connectivity index (χ2v) is 4.17. The molecule has 0 spiro atoms. The van der Waals surface area contributed by atoms with Gasteiger partial charge in [-0.3, -0.25) is 0 Å². The van der Waals surface area contributed by atoms with E-state index in [-0.39, 0.29) is 6.61 Å². The van der Waals surface area contributed by atoms with Crippen molar-refractivity contribution in [3.05, 3.63) is 35.9 Å². The van der Waals surface area contributed by atoms with Gasteiger partial charge < -0.3 is 15.5 Å². The molecule has 0 aromatic heterocycles. The van der Waals surface area contributed by atoms with Crippen LogP contribution < -0.4 is 5.32 Å². The maximum atomic E-state index is 9.18. The zero-order chi connectivity index (χ0) is 11.8.